The summed E-state index contributed by atoms with van der Waals surface area (Å²) in [4.78, 5) is 14.9. The highest BCUT2D eigenvalue weighted by molar-refractivity contribution is 5.39. The molecule has 1 aliphatic rings. The average Bonchev–Trinajstić information content (AvgIpc) is 2.90. The van der Waals surface area contributed by atoms with Crippen LogP contribution in [0.2, 0.25) is 0 Å². The van der Waals surface area contributed by atoms with Crippen molar-refractivity contribution in [2.24, 2.45) is 0 Å². The number of hydrogen-bond donors (Lipinski definition) is 1. The highest BCUT2D eigenvalue weighted by Gasteiger charge is 2.17. The van der Waals surface area contributed by atoms with Crippen LogP contribution in [-0.4, -0.2) is 41.2 Å². The molecule has 0 spiro atoms. The lowest BCUT2D eigenvalue weighted by Gasteiger charge is -2.16. The Kier molecular flexibility index (Phi) is 4.18. The predicted octanol–water partition coefficient (Wildman–Crippen LogP) is 0.916. The molecule has 1 aromatic rings. The zero-order valence-corrected chi connectivity index (χ0v) is 10.5. The van der Waals surface area contributed by atoms with Gasteiger partial charge in [-0.2, -0.15) is 15.0 Å². The van der Waals surface area contributed by atoms with Gasteiger partial charge in [-0.1, -0.05) is 5.92 Å². The fraction of sp³-hybridized carbons (Fsp3) is 0.583. The smallest absolute Gasteiger partial charge is 0.324 e. The molecule has 2 rings (SSSR count). The molecule has 2 heterocycles. The number of nitrogens with one attached hydrogen (secondary N) is 1. The summed E-state index contributed by atoms with van der Waals surface area (Å²) in [5.41, 5.74) is 0. The van der Waals surface area contributed by atoms with Gasteiger partial charge >= 0.3 is 6.01 Å². The summed E-state index contributed by atoms with van der Waals surface area (Å²) in [7, 11) is 0. The van der Waals surface area contributed by atoms with Crippen LogP contribution in [0.3, 0.4) is 0 Å². The molecule has 18 heavy (non-hydrogen) atoms. The highest BCUT2D eigenvalue weighted by atomic mass is 16.5. The van der Waals surface area contributed by atoms with Crippen LogP contribution in [0.4, 0.5) is 11.9 Å². The number of ether oxygens (including phenoxy) is 1. The van der Waals surface area contributed by atoms with Crippen LogP contribution in [0.1, 0.15) is 19.8 Å². The molecule has 0 aromatic carbocycles. The van der Waals surface area contributed by atoms with E-state index in [0.717, 1.165) is 19.6 Å². The van der Waals surface area contributed by atoms with Gasteiger partial charge in [-0.3, -0.25) is 0 Å². The van der Waals surface area contributed by atoms with Crippen LogP contribution in [-0.2, 0) is 0 Å². The molecule has 1 aliphatic heterocycles. The van der Waals surface area contributed by atoms with Crippen LogP contribution in [0.25, 0.3) is 0 Å². The van der Waals surface area contributed by atoms with E-state index in [0.29, 0.717) is 11.9 Å². The SMILES string of the molecule is C#CCOc1nc(NCC)nc(N2CCCC2)n1. The second-order valence-corrected chi connectivity index (χ2v) is 3.96. The second kappa shape index (κ2) is 6.05. The van der Waals surface area contributed by atoms with Crippen LogP contribution in [0.15, 0.2) is 0 Å². The maximum Gasteiger partial charge on any atom is 0.324 e. The molecule has 0 bridgehead atoms. The van der Waals surface area contributed by atoms with Crippen LogP contribution >= 0.6 is 0 Å². The lowest BCUT2D eigenvalue weighted by Crippen LogP contribution is -2.22. The Bertz CT molecular complexity index is 437. The molecular weight excluding hydrogens is 230 g/mol. The molecule has 6 heteroatoms. The standard InChI is InChI=1S/C12H17N5O/c1-3-9-18-12-15-10(13-4-2)14-11(16-12)17-7-5-6-8-17/h1H,4-9H2,2H3,(H,13,14,15,16). The predicted molar refractivity (Wildman–Crippen MR) is 69.8 cm³/mol. The number of hydrogen-bond acceptors (Lipinski definition) is 6. The first-order chi connectivity index (χ1) is 8.83. The van der Waals surface area contributed by atoms with Crippen LogP contribution in [0, 0.1) is 12.3 Å². The monoisotopic (exact) mass is 247 g/mol. The minimum Gasteiger partial charge on any atom is -0.450 e. The molecule has 0 radical (unpaired) electrons. The van der Waals surface area contributed by atoms with Crippen molar-refractivity contribution in [1.82, 2.24) is 15.0 Å². The number of anilines is 2. The van der Waals surface area contributed by atoms with E-state index in [1.165, 1.54) is 12.8 Å². The molecule has 1 N–H and O–H groups in total. The van der Waals surface area contributed by atoms with Gasteiger partial charge in [0.1, 0.15) is 0 Å². The Morgan fingerprint density at radius 1 is 1.33 bits per heavy atom. The van der Waals surface area contributed by atoms with E-state index in [1.54, 1.807) is 0 Å². The van der Waals surface area contributed by atoms with E-state index < -0.39 is 0 Å². The lowest BCUT2D eigenvalue weighted by molar-refractivity contribution is 0.339. The van der Waals surface area contributed by atoms with Crippen LogP contribution < -0.4 is 15.0 Å². The Hall–Kier alpha value is -2.03. The van der Waals surface area contributed by atoms with E-state index in [-0.39, 0.29) is 12.6 Å². The molecule has 0 saturated carbocycles. The van der Waals surface area contributed by atoms with E-state index in [4.69, 9.17) is 11.2 Å². The van der Waals surface area contributed by atoms with Gasteiger partial charge in [0, 0.05) is 19.6 Å². The number of aromatic nitrogens is 3. The van der Waals surface area contributed by atoms with E-state index in [1.807, 2.05) is 6.92 Å². The Morgan fingerprint density at radius 2 is 2.11 bits per heavy atom. The van der Waals surface area contributed by atoms with Gasteiger partial charge in [-0.05, 0) is 19.8 Å². The summed E-state index contributed by atoms with van der Waals surface area (Å²) in [5, 5.41) is 3.07. The van der Waals surface area contributed by atoms with Crippen molar-refractivity contribution >= 4 is 11.9 Å². The van der Waals surface area contributed by atoms with Crippen molar-refractivity contribution in [1.29, 1.82) is 0 Å². The Balaban J connectivity index is 2.21. The van der Waals surface area contributed by atoms with Crippen molar-refractivity contribution in [2.45, 2.75) is 19.8 Å². The van der Waals surface area contributed by atoms with Crippen molar-refractivity contribution in [3.05, 3.63) is 0 Å². The normalized spacial score (nSPS) is 14.3. The fourth-order valence-electron chi connectivity index (χ4n) is 1.81. The summed E-state index contributed by atoms with van der Waals surface area (Å²) in [6, 6.07) is 0.279. The topological polar surface area (TPSA) is 63.2 Å². The van der Waals surface area contributed by atoms with E-state index >= 15 is 0 Å². The molecule has 1 saturated heterocycles. The zero-order valence-electron chi connectivity index (χ0n) is 10.5. The molecule has 1 fully saturated rings. The summed E-state index contributed by atoms with van der Waals surface area (Å²) in [6.07, 6.45) is 7.50. The minimum absolute atomic E-state index is 0.162. The minimum atomic E-state index is 0.162. The maximum absolute atomic E-state index is 5.28. The summed E-state index contributed by atoms with van der Waals surface area (Å²) in [6.45, 7) is 4.85. The van der Waals surface area contributed by atoms with Gasteiger partial charge in [-0.25, -0.2) is 0 Å². The largest absolute Gasteiger partial charge is 0.450 e. The van der Waals surface area contributed by atoms with E-state index in [9.17, 15) is 0 Å². The molecule has 0 unspecified atom stereocenters. The van der Waals surface area contributed by atoms with Gasteiger partial charge in [0.05, 0.1) is 0 Å². The third-order valence-corrected chi connectivity index (χ3v) is 2.61. The highest BCUT2D eigenvalue weighted by Crippen LogP contribution is 2.19. The molecule has 6 nitrogen and oxygen atoms in total. The Morgan fingerprint density at radius 3 is 2.78 bits per heavy atom. The first-order valence-electron chi connectivity index (χ1n) is 6.14. The van der Waals surface area contributed by atoms with Gasteiger partial charge in [0.2, 0.25) is 11.9 Å². The van der Waals surface area contributed by atoms with E-state index in [2.05, 4.69) is 31.1 Å². The maximum atomic E-state index is 5.28. The molecule has 0 atom stereocenters. The van der Waals surface area contributed by atoms with Crippen LogP contribution in [0.5, 0.6) is 6.01 Å². The summed E-state index contributed by atoms with van der Waals surface area (Å²) < 4.78 is 5.28. The second-order valence-electron chi connectivity index (χ2n) is 3.96. The Labute approximate surface area is 107 Å². The zero-order chi connectivity index (χ0) is 12.8. The van der Waals surface area contributed by atoms with Gasteiger partial charge < -0.3 is 15.0 Å². The molecule has 0 aliphatic carbocycles. The van der Waals surface area contributed by atoms with Gasteiger partial charge in [-0.15, -0.1) is 6.42 Å². The van der Waals surface area contributed by atoms with Gasteiger partial charge in [0.25, 0.3) is 0 Å². The number of terminal acetylenes is 1. The third kappa shape index (κ3) is 3.00. The first kappa shape index (κ1) is 12.4. The third-order valence-electron chi connectivity index (χ3n) is 2.61. The number of rotatable bonds is 5. The average molecular weight is 247 g/mol. The van der Waals surface area contributed by atoms with Gasteiger partial charge in [0.15, 0.2) is 6.61 Å². The molecular formula is C12H17N5O. The summed E-state index contributed by atoms with van der Waals surface area (Å²) >= 11 is 0. The molecule has 96 valence electrons. The van der Waals surface area contributed by atoms with Crippen molar-refractivity contribution in [3.8, 4) is 18.4 Å². The molecule has 1 aromatic heterocycles. The molecule has 0 amide bonds. The van der Waals surface area contributed by atoms with Crippen molar-refractivity contribution in [2.75, 3.05) is 36.5 Å². The fourth-order valence-corrected chi connectivity index (χ4v) is 1.81. The van der Waals surface area contributed by atoms with Crippen molar-refractivity contribution < 1.29 is 4.74 Å². The quantitative estimate of drug-likeness (QED) is 0.780. The van der Waals surface area contributed by atoms with Crippen molar-refractivity contribution in [3.63, 3.8) is 0 Å². The lowest BCUT2D eigenvalue weighted by atomic mass is 10.4. The summed E-state index contributed by atoms with van der Waals surface area (Å²) in [5.74, 6) is 3.59. The number of nitrogens with zero attached hydrogens (tertiary/aromatic N) is 4. The first-order valence-corrected chi connectivity index (χ1v) is 6.14.